The zero-order chi connectivity index (χ0) is 31.2. The third-order valence-electron chi connectivity index (χ3n) is 6.79. The number of anilines is 2. The fourth-order valence-electron chi connectivity index (χ4n) is 4.55. The van der Waals surface area contributed by atoms with Gasteiger partial charge in [0.25, 0.3) is 0 Å². The van der Waals surface area contributed by atoms with E-state index in [1.54, 1.807) is 43.4 Å². The normalized spacial score (nSPS) is 10.8. The van der Waals surface area contributed by atoms with Gasteiger partial charge >= 0.3 is 0 Å². The number of nitrogens with zero attached hydrogens (tertiary/aromatic N) is 5. The lowest BCUT2D eigenvalue weighted by Gasteiger charge is -2.25. The van der Waals surface area contributed by atoms with Gasteiger partial charge in [0.05, 0.1) is 31.5 Å². The van der Waals surface area contributed by atoms with Crippen molar-refractivity contribution in [2.45, 2.75) is 13.1 Å². The first-order valence-electron chi connectivity index (χ1n) is 13.3. The lowest BCUT2D eigenvalue weighted by atomic mass is 10.1. The van der Waals surface area contributed by atoms with Crippen LogP contribution in [-0.2, 0) is 13.1 Å². The number of rotatable bonds is 7. The molecule has 0 saturated carbocycles. The smallest absolute Gasteiger partial charge is 0.168 e. The van der Waals surface area contributed by atoms with Crippen LogP contribution in [0.15, 0.2) is 84.9 Å². The van der Waals surface area contributed by atoms with Crippen LogP contribution in [0.2, 0.25) is 10.3 Å². The Bertz CT molecular complexity index is 1880. The van der Waals surface area contributed by atoms with E-state index < -0.39 is 11.6 Å². The van der Waals surface area contributed by atoms with Crippen LogP contribution in [0.4, 0.5) is 20.4 Å². The van der Waals surface area contributed by atoms with Gasteiger partial charge in [-0.2, -0.15) is 0 Å². The summed E-state index contributed by atoms with van der Waals surface area (Å²) in [4.78, 5) is 1.61. The molecule has 0 unspecified atom stereocenters. The van der Waals surface area contributed by atoms with Crippen LogP contribution in [0.3, 0.4) is 0 Å². The second-order valence-electron chi connectivity index (χ2n) is 9.44. The number of nitrogens with two attached hydrogens (primary N) is 1. The molecule has 2 heterocycles. The molecular weight excluding hydrogens is 609 g/mol. The summed E-state index contributed by atoms with van der Waals surface area (Å²) in [6.45, 7) is 0.773. The van der Waals surface area contributed by atoms with E-state index >= 15 is 4.39 Å². The van der Waals surface area contributed by atoms with Crippen molar-refractivity contribution in [2.75, 3.05) is 19.1 Å². The quantitative estimate of drug-likeness (QED) is 0.191. The van der Waals surface area contributed by atoms with E-state index in [1.807, 2.05) is 36.4 Å². The molecule has 12 heteroatoms. The minimum absolute atomic E-state index is 0.0562. The van der Waals surface area contributed by atoms with Crippen LogP contribution < -0.4 is 20.1 Å². The molecule has 0 radical (unpaired) electrons. The maximum absolute atomic E-state index is 15.1. The maximum atomic E-state index is 15.1. The Morgan fingerprint density at radius 1 is 0.636 bits per heavy atom. The predicted molar refractivity (Wildman–Crippen MR) is 169 cm³/mol. The highest BCUT2D eigenvalue weighted by atomic mass is 35.5. The van der Waals surface area contributed by atoms with E-state index in [-0.39, 0.29) is 39.3 Å². The van der Waals surface area contributed by atoms with E-state index in [0.717, 1.165) is 16.9 Å². The molecule has 0 aliphatic carbocycles. The van der Waals surface area contributed by atoms with Crippen molar-refractivity contribution < 1.29 is 18.3 Å². The molecule has 0 bridgehead atoms. The topological polar surface area (TPSA) is 99.3 Å². The zero-order valence-electron chi connectivity index (χ0n) is 23.6. The summed E-state index contributed by atoms with van der Waals surface area (Å²) in [5.41, 5.74) is 7.35. The van der Waals surface area contributed by atoms with Gasteiger partial charge in [-0.05, 0) is 47.5 Å². The van der Waals surface area contributed by atoms with Gasteiger partial charge in [-0.3, -0.25) is 0 Å². The van der Waals surface area contributed by atoms with Gasteiger partial charge in [-0.25, -0.2) is 8.78 Å². The van der Waals surface area contributed by atoms with Crippen molar-refractivity contribution in [2.24, 2.45) is 5.73 Å². The summed E-state index contributed by atoms with van der Waals surface area (Å²) in [7, 11) is 3.22. The molecule has 6 rings (SSSR count). The lowest BCUT2D eigenvalue weighted by molar-refractivity contribution is 0.414. The molecular formula is C32H26Cl2F2N6O2. The van der Waals surface area contributed by atoms with E-state index in [1.165, 1.54) is 24.3 Å². The Balaban J connectivity index is 0.000000328. The summed E-state index contributed by atoms with van der Waals surface area (Å²) in [6.07, 6.45) is 0. The monoisotopic (exact) mass is 634 g/mol. The summed E-state index contributed by atoms with van der Waals surface area (Å²) < 4.78 is 40.0. The number of hydrogen-bond acceptors (Lipinski definition) is 8. The third kappa shape index (κ3) is 6.47. The molecule has 224 valence electrons. The molecule has 0 spiro atoms. The van der Waals surface area contributed by atoms with Crippen LogP contribution in [0.1, 0.15) is 11.1 Å². The van der Waals surface area contributed by atoms with Crippen LogP contribution >= 0.6 is 23.2 Å². The summed E-state index contributed by atoms with van der Waals surface area (Å²) >= 11 is 12.4. The van der Waals surface area contributed by atoms with Crippen molar-refractivity contribution in [1.82, 2.24) is 20.4 Å². The number of ether oxygens (including phenoxy) is 2. The second kappa shape index (κ2) is 13.8. The molecule has 44 heavy (non-hydrogen) atoms. The zero-order valence-corrected chi connectivity index (χ0v) is 25.2. The lowest BCUT2D eigenvalue weighted by Crippen LogP contribution is -2.21. The fourth-order valence-corrected chi connectivity index (χ4v) is 4.97. The molecule has 4 aromatic carbocycles. The second-order valence-corrected chi connectivity index (χ2v) is 10.2. The Labute approximate surface area is 262 Å². The molecule has 0 aliphatic heterocycles. The molecule has 2 aromatic heterocycles. The van der Waals surface area contributed by atoms with Crippen molar-refractivity contribution in [1.29, 1.82) is 0 Å². The van der Waals surface area contributed by atoms with Gasteiger partial charge in [0.15, 0.2) is 21.9 Å². The summed E-state index contributed by atoms with van der Waals surface area (Å²) in [5, 5.41) is 17.4. The van der Waals surface area contributed by atoms with E-state index in [0.29, 0.717) is 23.1 Å². The highest BCUT2D eigenvalue weighted by Gasteiger charge is 2.24. The molecule has 6 aromatic rings. The van der Waals surface area contributed by atoms with Crippen molar-refractivity contribution in [3.05, 3.63) is 118 Å². The Morgan fingerprint density at radius 2 is 1.16 bits per heavy atom. The number of methoxy groups -OCH3 is 2. The van der Waals surface area contributed by atoms with Crippen molar-refractivity contribution >= 4 is 56.4 Å². The molecule has 2 N–H and O–H groups in total. The van der Waals surface area contributed by atoms with Crippen LogP contribution in [0.25, 0.3) is 21.5 Å². The SMILES string of the molecule is COc1ccc(CN(c2nnc(Cl)c3c(F)cccc23)c2nnc(Cl)c3cccc(F)c23)cc1.COc1ccc(CN)cc1. The number of aromatic nitrogens is 4. The number of hydrogen-bond donors (Lipinski definition) is 1. The number of halogens is 4. The van der Waals surface area contributed by atoms with Crippen molar-refractivity contribution in [3.63, 3.8) is 0 Å². The number of benzene rings is 4. The molecule has 8 nitrogen and oxygen atoms in total. The van der Waals surface area contributed by atoms with Crippen molar-refractivity contribution in [3.8, 4) is 11.5 Å². The Kier molecular flexibility index (Phi) is 9.64. The molecule has 0 aliphatic rings. The predicted octanol–water partition coefficient (Wildman–Crippen LogP) is 7.66. The molecule has 0 saturated heterocycles. The van der Waals surface area contributed by atoms with Gasteiger partial charge in [0.1, 0.15) is 23.1 Å². The first-order chi connectivity index (χ1) is 21.3. The Hall–Kier alpha value is -4.64. The third-order valence-corrected chi connectivity index (χ3v) is 7.33. The maximum Gasteiger partial charge on any atom is 0.168 e. The average Bonchev–Trinajstić information content (AvgIpc) is 3.05. The van der Waals surface area contributed by atoms with Gasteiger partial charge in [-0.15, -0.1) is 20.4 Å². The molecule has 0 fully saturated rings. The van der Waals surface area contributed by atoms with Gasteiger partial charge < -0.3 is 20.1 Å². The average molecular weight is 636 g/mol. The fraction of sp³-hybridized carbons (Fsp3) is 0.125. The van der Waals surface area contributed by atoms with Crippen LogP contribution in [-0.4, -0.2) is 34.6 Å². The largest absolute Gasteiger partial charge is 0.497 e. The first kappa shape index (κ1) is 30.8. The highest BCUT2D eigenvalue weighted by Crippen LogP contribution is 2.38. The van der Waals surface area contributed by atoms with Crippen LogP contribution in [0, 0.1) is 11.6 Å². The van der Waals surface area contributed by atoms with Gasteiger partial charge in [-0.1, -0.05) is 71.7 Å². The molecule has 0 amide bonds. The van der Waals surface area contributed by atoms with Crippen LogP contribution in [0.5, 0.6) is 11.5 Å². The van der Waals surface area contributed by atoms with Gasteiger partial charge in [0, 0.05) is 17.3 Å². The number of fused-ring (bicyclic) bond motifs is 2. The van der Waals surface area contributed by atoms with E-state index in [4.69, 9.17) is 38.4 Å². The standard InChI is InChI=1S/C24H15Cl2F2N5O.C8H11NO/c1-34-14-10-8-13(9-11-14)12-33(23-16-5-3-6-17(27)19(16)22(26)30-31-23)24-20-15(21(25)29-32-24)4-2-7-18(20)28;1-10-8-4-2-7(6-9)3-5-8/h2-11H,12H2,1H3;2-5H,6,9H2,1H3. The minimum Gasteiger partial charge on any atom is -0.497 e. The molecule has 0 atom stereocenters. The first-order valence-corrected chi connectivity index (χ1v) is 14.0. The Morgan fingerprint density at radius 3 is 1.75 bits per heavy atom. The summed E-state index contributed by atoms with van der Waals surface area (Å²) in [6, 6.07) is 24.0. The highest BCUT2D eigenvalue weighted by molar-refractivity contribution is 6.35. The minimum atomic E-state index is -0.554. The van der Waals surface area contributed by atoms with E-state index in [9.17, 15) is 4.39 Å². The van der Waals surface area contributed by atoms with Gasteiger partial charge in [0.2, 0.25) is 0 Å². The van der Waals surface area contributed by atoms with E-state index in [2.05, 4.69) is 20.4 Å². The summed E-state index contributed by atoms with van der Waals surface area (Å²) in [5.74, 6) is 0.836.